The highest BCUT2D eigenvalue weighted by molar-refractivity contribution is 5.76. The lowest BCUT2D eigenvalue weighted by molar-refractivity contribution is -0.132. The quantitative estimate of drug-likeness (QED) is 0.142. The number of aliphatic hydroxyl groups excluding tert-OH is 3. The second-order valence-corrected chi connectivity index (χ2v) is 9.02. The number of unbranched alkanes of at least 4 members (excludes halogenated alkanes) is 10. The van der Waals surface area contributed by atoms with E-state index in [0.29, 0.717) is 32.5 Å². The minimum absolute atomic E-state index is 0.0242. The van der Waals surface area contributed by atoms with Crippen LogP contribution in [0.2, 0.25) is 0 Å². The average Bonchev–Trinajstić information content (AvgIpc) is 2.83. The van der Waals surface area contributed by atoms with Crippen molar-refractivity contribution in [1.82, 2.24) is 9.80 Å². The van der Waals surface area contributed by atoms with Gasteiger partial charge in [-0.1, -0.05) is 57.6 Å². The van der Waals surface area contributed by atoms with Gasteiger partial charge in [0.2, 0.25) is 11.8 Å². The molecule has 7 nitrogen and oxygen atoms in total. The van der Waals surface area contributed by atoms with Gasteiger partial charge in [-0.05, 0) is 44.9 Å². The molecule has 0 aliphatic rings. The van der Waals surface area contributed by atoms with Crippen molar-refractivity contribution in [3.8, 4) is 0 Å². The van der Waals surface area contributed by atoms with E-state index < -0.39 is 0 Å². The first kappa shape index (κ1) is 32.6. The third-order valence-corrected chi connectivity index (χ3v) is 6.00. The maximum atomic E-state index is 12.1. The molecular formula is C27H52N2O5. The number of hydrogen-bond acceptors (Lipinski definition) is 5. The summed E-state index contributed by atoms with van der Waals surface area (Å²) in [5.41, 5.74) is 0. The van der Waals surface area contributed by atoms with E-state index in [9.17, 15) is 9.59 Å². The fourth-order valence-electron chi connectivity index (χ4n) is 4.04. The van der Waals surface area contributed by atoms with Crippen LogP contribution in [-0.4, -0.2) is 82.9 Å². The van der Waals surface area contributed by atoms with E-state index in [1.807, 2.05) is 0 Å². The number of carbonyl (C=O) groups excluding carboxylic acids is 2. The SMILES string of the molecule is CCCN(CCO)C(=O)CCCCCCC/C=C/CCCCCCCC(=O)N(CCO)CCO. The summed E-state index contributed by atoms with van der Waals surface area (Å²) in [6.45, 7) is 3.77. The first-order chi connectivity index (χ1) is 16.6. The Morgan fingerprint density at radius 1 is 0.559 bits per heavy atom. The predicted octanol–water partition coefficient (Wildman–Crippen LogP) is 4.05. The van der Waals surface area contributed by atoms with Crippen molar-refractivity contribution < 1.29 is 24.9 Å². The Bertz CT molecular complexity index is 457. The fraction of sp³-hybridized carbons (Fsp3) is 0.852. The van der Waals surface area contributed by atoms with E-state index >= 15 is 0 Å². The van der Waals surface area contributed by atoms with Crippen LogP contribution in [-0.2, 0) is 9.59 Å². The monoisotopic (exact) mass is 484 g/mol. The van der Waals surface area contributed by atoms with Crippen LogP contribution in [0.4, 0.5) is 0 Å². The van der Waals surface area contributed by atoms with Crippen LogP contribution in [0.25, 0.3) is 0 Å². The second-order valence-electron chi connectivity index (χ2n) is 9.02. The summed E-state index contributed by atoms with van der Waals surface area (Å²) in [6.07, 6.45) is 19.9. The van der Waals surface area contributed by atoms with Crippen LogP contribution < -0.4 is 0 Å². The summed E-state index contributed by atoms with van der Waals surface area (Å²) in [5, 5.41) is 27.0. The van der Waals surface area contributed by atoms with Crippen LogP contribution in [0.1, 0.15) is 103 Å². The summed E-state index contributed by atoms with van der Waals surface area (Å²) in [7, 11) is 0. The molecule has 200 valence electrons. The lowest BCUT2D eigenvalue weighted by Crippen LogP contribution is -2.35. The van der Waals surface area contributed by atoms with E-state index in [2.05, 4.69) is 19.1 Å². The van der Waals surface area contributed by atoms with Crippen LogP contribution >= 0.6 is 0 Å². The second kappa shape index (κ2) is 24.7. The van der Waals surface area contributed by atoms with Gasteiger partial charge < -0.3 is 25.1 Å². The van der Waals surface area contributed by atoms with Crippen molar-refractivity contribution in [3.05, 3.63) is 12.2 Å². The Labute approximate surface area is 208 Å². The molecule has 0 aromatic heterocycles. The van der Waals surface area contributed by atoms with Crippen LogP contribution in [0, 0.1) is 0 Å². The molecule has 34 heavy (non-hydrogen) atoms. The van der Waals surface area contributed by atoms with Gasteiger partial charge in [-0.15, -0.1) is 0 Å². The van der Waals surface area contributed by atoms with Crippen LogP contribution in [0.3, 0.4) is 0 Å². The molecular weight excluding hydrogens is 432 g/mol. The molecule has 0 unspecified atom stereocenters. The zero-order chi connectivity index (χ0) is 25.3. The normalized spacial score (nSPS) is 11.3. The lowest BCUT2D eigenvalue weighted by atomic mass is 10.1. The van der Waals surface area contributed by atoms with E-state index in [0.717, 1.165) is 57.9 Å². The lowest BCUT2D eigenvalue weighted by Gasteiger charge is -2.20. The Hall–Kier alpha value is -1.44. The van der Waals surface area contributed by atoms with Crippen molar-refractivity contribution in [2.24, 2.45) is 0 Å². The van der Waals surface area contributed by atoms with Gasteiger partial charge in [0.05, 0.1) is 19.8 Å². The molecule has 0 aromatic carbocycles. The largest absolute Gasteiger partial charge is 0.395 e. The average molecular weight is 485 g/mol. The van der Waals surface area contributed by atoms with Gasteiger partial charge in [0.15, 0.2) is 0 Å². The Morgan fingerprint density at radius 2 is 0.912 bits per heavy atom. The predicted molar refractivity (Wildman–Crippen MR) is 138 cm³/mol. The first-order valence-corrected chi connectivity index (χ1v) is 13.6. The fourth-order valence-corrected chi connectivity index (χ4v) is 4.04. The van der Waals surface area contributed by atoms with Crippen molar-refractivity contribution in [2.45, 2.75) is 103 Å². The van der Waals surface area contributed by atoms with Crippen LogP contribution in [0.15, 0.2) is 12.2 Å². The van der Waals surface area contributed by atoms with Crippen molar-refractivity contribution >= 4 is 11.8 Å². The van der Waals surface area contributed by atoms with Gasteiger partial charge in [-0.25, -0.2) is 0 Å². The molecule has 0 rings (SSSR count). The number of amides is 2. The maximum Gasteiger partial charge on any atom is 0.222 e. The van der Waals surface area contributed by atoms with Crippen molar-refractivity contribution in [3.63, 3.8) is 0 Å². The van der Waals surface area contributed by atoms with Crippen molar-refractivity contribution in [1.29, 1.82) is 0 Å². The van der Waals surface area contributed by atoms with E-state index in [4.69, 9.17) is 15.3 Å². The summed E-state index contributed by atoms with van der Waals surface area (Å²) in [4.78, 5) is 27.5. The highest BCUT2D eigenvalue weighted by Gasteiger charge is 2.12. The summed E-state index contributed by atoms with van der Waals surface area (Å²) >= 11 is 0. The molecule has 0 radical (unpaired) electrons. The molecule has 0 fully saturated rings. The molecule has 0 aliphatic heterocycles. The third kappa shape index (κ3) is 18.9. The van der Waals surface area contributed by atoms with Gasteiger partial charge >= 0.3 is 0 Å². The standard InChI is InChI=1S/C27H52N2O5/c1-2-19-28(20-23-30)26(33)17-15-13-11-9-7-5-3-4-6-8-10-12-14-16-18-27(34)29(21-24-31)22-25-32/h3-4,30-32H,2,5-25H2,1H3/b4-3+. The number of carbonyl (C=O) groups is 2. The highest BCUT2D eigenvalue weighted by atomic mass is 16.3. The molecule has 0 saturated carbocycles. The molecule has 0 heterocycles. The molecule has 2 amide bonds. The van der Waals surface area contributed by atoms with E-state index in [1.54, 1.807) is 4.90 Å². The molecule has 7 heteroatoms. The van der Waals surface area contributed by atoms with Gasteiger partial charge in [0.25, 0.3) is 0 Å². The number of hydrogen-bond donors (Lipinski definition) is 3. The van der Waals surface area contributed by atoms with Gasteiger partial charge in [-0.2, -0.15) is 0 Å². The van der Waals surface area contributed by atoms with Crippen LogP contribution in [0.5, 0.6) is 0 Å². The highest BCUT2D eigenvalue weighted by Crippen LogP contribution is 2.11. The molecule has 0 spiro atoms. The van der Waals surface area contributed by atoms with Crippen molar-refractivity contribution in [2.75, 3.05) is 46.0 Å². The summed E-state index contributed by atoms with van der Waals surface area (Å²) < 4.78 is 0. The maximum absolute atomic E-state index is 12.1. The molecule has 3 N–H and O–H groups in total. The summed E-state index contributed by atoms with van der Waals surface area (Å²) in [5.74, 6) is 0.200. The van der Waals surface area contributed by atoms with Gasteiger partial charge in [0.1, 0.15) is 0 Å². The smallest absolute Gasteiger partial charge is 0.222 e. The van der Waals surface area contributed by atoms with E-state index in [1.165, 1.54) is 37.0 Å². The molecule has 0 atom stereocenters. The summed E-state index contributed by atoms with van der Waals surface area (Å²) in [6, 6.07) is 0. The first-order valence-electron chi connectivity index (χ1n) is 13.6. The Kier molecular flexibility index (Phi) is 23.6. The van der Waals surface area contributed by atoms with Gasteiger partial charge in [-0.3, -0.25) is 9.59 Å². The number of aliphatic hydroxyl groups is 3. The number of nitrogens with zero attached hydrogens (tertiary/aromatic N) is 2. The topological polar surface area (TPSA) is 101 Å². The third-order valence-electron chi connectivity index (χ3n) is 6.00. The Morgan fingerprint density at radius 3 is 1.29 bits per heavy atom. The molecule has 0 aliphatic carbocycles. The zero-order valence-electron chi connectivity index (χ0n) is 21.8. The number of rotatable bonds is 24. The van der Waals surface area contributed by atoms with Gasteiger partial charge in [0, 0.05) is 39.0 Å². The molecule has 0 bridgehead atoms. The molecule has 0 saturated heterocycles. The van der Waals surface area contributed by atoms with E-state index in [-0.39, 0.29) is 31.6 Å². The number of allylic oxidation sites excluding steroid dienone is 2. The molecule has 0 aromatic rings. The Balaban J connectivity index is 3.52. The minimum atomic E-state index is -0.0632. The zero-order valence-corrected chi connectivity index (χ0v) is 21.8. The minimum Gasteiger partial charge on any atom is -0.395 e.